The number of piperazine rings is 1. The fourth-order valence-electron chi connectivity index (χ4n) is 2.90. The number of amides is 1. The van der Waals surface area contributed by atoms with Gasteiger partial charge in [-0.05, 0) is 18.6 Å². The molecule has 0 bridgehead atoms. The summed E-state index contributed by atoms with van der Waals surface area (Å²) in [5, 5.41) is 0. The first kappa shape index (κ1) is 17.7. The molecule has 0 radical (unpaired) electrons. The Morgan fingerprint density at radius 3 is 2.64 bits per heavy atom. The Kier molecular flexibility index (Phi) is 4.96. The van der Waals surface area contributed by atoms with E-state index >= 15 is 0 Å². The molecule has 0 saturated carbocycles. The molecule has 1 saturated heterocycles. The Balaban J connectivity index is 1.72. The van der Waals surface area contributed by atoms with E-state index in [4.69, 9.17) is 4.42 Å². The number of hydrogen-bond donors (Lipinski definition) is 1. The number of rotatable bonds is 5. The van der Waals surface area contributed by atoms with Crippen LogP contribution in [0, 0.1) is 0 Å². The molecule has 1 aromatic carbocycles. The monoisotopic (exact) mass is 367 g/mol. The second kappa shape index (κ2) is 7.01. The van der Waals surface area contributed by atoms with Gasteiger partial charge in [-0.3, -0.25) is 9.78 Å². The van der Waals surface area contributed by atoms with Crippen molar-refractivity contribution < 1.29 is 17.6 Å². The summed E-state index contributed by atoms with van der Waals surface area (Å²) in [7, 11) is -3.69. The van der Waals surface area contributed by atoms with Gasteiger partial charge in [-0.1, -0.05) is 13.3 Å². The molecule has 1 aliphatic heterocycles. The highest BCUT2D eigenvalue weighted by Gasteiger charge is 2.30. The Morgan fingerprint density at radius 1 is 1.24 bits per heavy atom. The zero-order valence-corrected chi connectivity index (χ0v) is 14.8. The van der Waals surface area contributed by atoms with E-state index in [2.05, 4.69) is 4.98 Å². The highest BCUT2D eigenvalue weighted by molar-refractivity contribution is 7.89. The number of aromatic nitrogens is 1. The van der Waals surface area contributed by atoms with Gasteiger partial charge in [0.2, 0.25) is 15.9 Å². The number of nitrogens with one attached hydrogen (secondary N) is 1. The van der Waals surface area contributed by atoms with Crippen molar-refractivity contribution in [3.63, 3.8) is 0 Å². The standard InChI is InChI=1S/C16H21N3O5S/c1-2-3-4-15(20)18-7-9-19(10-8-18)25(22,23)12-5-6-13-14(11-12)24-16(21)17-13/h5-6,11H,2-4,7-10H2,1H3,(H,17,21). The summed E-state index contributed by atoms with van der Waals surface area (Å²) in [4.78, 5) is 27.5. The predicted molar refractivity (Wildman–Crippen MR) is 91.7 cm³/mol. The Bertz CT molecular complexity index is 923. The number of aromatic amines is 1. The van der Waals surface area contributed by atoms with Crippen molar-refractivity contribution in [2.24, 2.45) is 0 Å². The summed E-state index contributed by atoms with van der Waals surface area (Å²) >= 11 is 0. The lowest BCUT2D eigenvalue weighted by molar-refractivity contribution is -0.132. The van der Waals surface area contributed by atoms with Gasteiger partial charge in [0.15, 0.2) is 5.58 Å². The number of oxazole rings is 1. The van der Waals surface area contributed by atoms with Gasteiger partial charge in [-0.15, -0.1) is 0 Å². The number of carbonyl (C=O) groups excluding carboxylic acids is 1. The van der Waals surface area contributed by atoms with Crippen molar-refractivity contribution in [2.45, 2.75) is 31.1 Å². The number of carbonyl (C=O) groups is 1. The minimum absolute atomic E-state index is 0.0773. The molecule has 25 heavy (non-hydrogen) atoms. The molecular weight excluding hydrogens is 346 g/mol. The molecule has 3 rings (SSSR count). The van der Waals surface area contributed by atoms with E-state index in [-0.39, 0.29) is 29.5 Å². The van der Waals surface area contributed by atoms with Crippen molar-refractivity contribution in [3.8, 4) is 0 Å². The van der Waals surface area contributed by atoms with E-state index in [1.165, 1.54) is 22.5 Å². The molecule has 2 aromatic rings. The van der Waals surface area contributed by atoms with E-state index in [1.807, 2.05) is 6.92 Å². The van der Waals surface area contributed by atoms with Crippen LogP contribution >= 0.6 is 0 Å². The van der Waals surface area contributed by atoms with Crippen LogP contribution in [-0.2, 0) is 14.8 Å². The molecule has 1 N–H and O–H groups in total. The zero-order valence-electron chi connectivity index (χ0n) is 14.0. The molecule has 0 aliphatic carbocycles. The van der Waals surface area contributed by atoms with E-state index in [0.717, 1.165) is 12.8 Å². The normalized spacial score (nSPS) is 16.4. The van der Waals surface area contributed by atoms with E-state index in [9.17, 15) is 18.0 Å². The number of sulfonamides is 1. The third kappa shape index (κ3) is 3.62. The largest absolute Gasteiger partial charge is 0.417 e. The maximum atomic E-state index is 12.8. The van der Waals surface area contributed by atoms with Gasteiger partial charge in [0.05, 0.1) is 10.4 Å². The number of H-pyrrole nitrogens is 1. The molecule has 1 fully saturated rings. The van der Waals surface area contributed by atoms with Gasteiger partial charge in [-0.2, -0.15) is 4.31 Å². The van der Waals surface area contributed by atoms with Crippen molar-refractivity contribution in [3.05, 3.63) is 28.7 Å². The maximum absolute atomic E-state index is 12.8. The van der Waals surface area contributed by atoms with Crippen LogP contribution in [0.2, 0.25) is 0 Å². The minimum atomic E-state index is -3.69. The molecule has 0 spiro atoms. The molecule has 8 nitrogen and oxygen atoms in total. The molecule has 9 heteroatoms. The Hall–Kier alpha value is -2.13. The first-order valence-corrected chi connectivity index (χ1v) is 9.76. The summed E-state index contributed by atoms with van der Waals surface area (Å²) in [6.07, 6.45) is 2.31. The first-order valence-electron chi connectivity index (χ1n) is 8.32. The summed E-state index contributed by atoms with van der Waals surface area (Å²) in [6, 6.07) is 4.31. The van der Waals surface area contributed by atoms with Gasteiger partial charge in [0.25, 0.3) is 0 Å². The number of nitrogens with zero attached hydrogens (tertiary/aromatic N) is 2. The van der Waals surface area contributed by atoms with Crippen LogP contribution in [-0.4, -0.2) is 54.7 Å². The maximum Gasteiger partial charge on any atom is 0.417 e. The predicted octanol–water partition coefficient (Wildman–Crippen LogP) is 1.14. The summed E-state index contributed by atoms with van der Waals surface area (Å²) < 4.78 is 31.9. The van der Waals surface area contributed by atoms with E-state index < -0.39 is 15.8 Å². The molecule has 1 aromatic heterocycles. The summed E-state index contributed by atoms with van der Waals surface area (Å²) in [6.45, 7) is 3.33. The van der Waals surface area contributed by atoms with Gasteiger partial charge in [0.1, 0.15) is 0 Å². The fraction of sp³-hybridized carbons (Fsp3) is 0.500. The molecule has 2 heterocycles. The lowest BCUT2D eigenvalue weighted by Crippen LogP contribution is -2.50. The molecule has 0 unspecified atom stereocenters. The number of benzene rings is 1. The fourth-order valence-corrected chi connectivity index (χ4v) is 4.34. The molecule has 0 atom stereocenters. The summed E-state index contributed by atoms with van der Waals surface area (Å²) in [5.74, 6) is -0.543. The third-order valence-corrected chi connectivity index (χ3v) is 6.26. The van der Waals surface area contributed by atoms with Gasteiger partial charge in [-0.25, -0.2) is 13.2 Å². The average molecular weight is 367 g/mol. The van der Waals surface area contributed by atoms with Crippen LogP contribution in [0.3, 0.4) is 0 Å². The quantitative estimate of drug-likeness (QED) is 0.854. The molecule has 136 valence electrons. The minimum Gasteiger partial charge on any atom is -0.408 e. The number of fused-ring (bicyclic) bond motifs is 1. The highest BCUT2D eigenvalue weighted by atomic mass is 32.2. The lowest BCUT2D eigenvalue weighted by Gasteiger charge is -2.34. The zero-order chi connectivity index (χ0) is 18.0. The van der Waals surface area contributed by atoms with Crippen LogP contribution in [0.15, 0.2) is 32.3 Å². The first-order chi connectivity index (χ1) is 11.9. The van der Waals surface area contributed by atoms with Gasteiger partial charge < -0.3 is 9.32 Å². The van der Waals surface area contributed by atoms with Gasteiger partial charge in [0, 0.05) is 38.7 Å². The molecule has 1 aliphatic rings. The highest BCUT2D eigenvalue weighted by Crippen LogP contribution is 2.21. The molecular formula is C16H21N3O5S. The molecule has 1 amide bonds. The second-order valence-electron chi connectivity index (χ2n) is 6.06. The van der Waals surface area contributed by atoms with E-state index in [1.54, 1.807) is 4.90 Å². The Labute approximate surface area is 145 Å². The van der Waals surface area contributed by atoms with Crippen molar-refractivity contribution >= 4 is 27.0 Å². The van der Waals surface area contributed by atoms with Crippen molar-refractivity contribution in [1.82, 2.24) is 14.2 Å². The smallest absolute Gasteiger partial charge is 0.408 e. The SMILES string of the molecule is CCCCC(=O)N1CCN(S(=O)(=O)c2ccc3[nH]c(=O)oc3c2)CC1. The Morgan fingerprint density at radius 2 is 1.96 bits per heavy atom. The average Bonchev–Trinajstić information content (AvgIpc) is 2.98. The second-order valence-corrected chi connectivity index (χ2v) is 8.00. The summed E-state index contributed by atoms with van der Waals surface area (Å²) in [5.41, 5.74) is 0.662. The third-order valence-electron chi connectivity index (χ3n) is 4.37. The van der Waals surface area contributed by atoms with E-state index in [0.29, 0.717) is 25.0 Å². The van der Waals surface area contributed by atoms with Crippen LogP contribution in [0.5, 0.6) is 0 Å². The number of unbranched alkanes of at least 4 members (excludes halogenated alkanes) is 1. The van der Waals surface area contributed by atoms with Crippen molar-refractivity contribution in [1.29, 1.82) is 0 Å². The topological polar surface area (TPSA) is 104 Å². The lowest BCUT2D eigenvalue weighted by atomic mass is 10.2. The van der Waals surface area contributed by atoms with Crippen LogP contribution in [0.1, 0.15) is 26.2 Å². The number of hydrogen-bond acceptors (Lipinski definition) is 5. The van der Waals surface area contributed by atoms with Crippen LogP contribution < -0.4 is 5.76 Å². The van der Waals surface area contributed by atoms with Crippen LogP contribution in [0.25, 0.3) is 11.1 Å². The van der Waals surface area contributed by atoms with Crippen molar-refractivity contribution in [2.75, 3.05) is 26.2 Å². The van der Waals surface area contributed by atoms with Gasteiger partial charge >= 0.3 is 5.76 Å². The van der Waals surface area contributed by atoms with Crippen LogP contribution in [0.4, 0.5) is 0 Å².